The molecule has 15 heteroatoms. The molecule has 0 atom stereocenters. The van der Waals surface area contributed by atoms with Crippen LogP contribution in [0.25, 0.3) is 0 Å². The third kappa shape index (κ3) is 6.32. The van der Waals surface area contributed by atoms with Gasteiger partial charge in [-0.1, -0.05) is 0 Å². The molecule has 0 N–H and O–H groups in total. The van der Waals surface area contributed by atoms with Crippen LogP contribution in [-0.2, 0) is 14.9 Å². The Bertz CT molecular complexity index is 1220. The van der Waals surface area contributed by atoms with E-state index in [1.165, 1.54) is 12.1 Å². The Balaban J connectivity index is 2.29. The number of esters is 2. The van der Waals surface area contributed by atoms with Crippen molar-refractivity contribution in [1.29, 1.82) is 0 Å². The van der Waals surface area contributed by atoms with Gasteiger partial charge in [0.15, 0.2) is 16.7 Å². The van der Waals surface area contributed by atoms with Crippen molar-refractivity contribution in [3.63, 3.8) is 0 Å². The van der Waals surface area contributed by atoms with Crippen molar-refractivity contribution in [2.75, 3.05) is 25.6 Å². The monoisotopic (exact) mass is 599 g/mol. The van der Waals surface area contributed by atoms with Crippen LogP contribution in [-0.4, -0.2) is 55.8 Å². The lowest BCUT2D eigenvalue weighted by atomic mass is 10.1. The van der Waals surface area contributed by atoms with E-state index in [4.69, 9.17) is 4.74 Å². The third-order valence-electron chi connectivity index (χ3n) is 4.00. The number of halogens is 3. The lowest BCUT2D eigenvalue weighted by molar-refractivity contribution is -0.385. The van der Waals surface area contributed by atoms with E-state index in [-0.39, 0.29) is 11.3 Å². The highest BCUT2D eigenvalue weighted by atomic mass is 127. The van der Waals surface area contributed by atoms with E-state index in [9.17, 15) is 41.5 Å². The first kappa shape index (κ1) is 26.3. The Morgan fingerprint density at radius 1 is 1.15 bits per heavy atom. The van der Waals surface area contributed by atoms with Gasteiger partial charge in [-0.2, -0.15) is 8.78 Å². The number of benzene rings is 2. The molecule has 0 saturated heterocycles. The number of carbonyl (C=O) groups excluding carboxylic acids is 2. The smallest absolute Gasteiger partial charge is 0.367 e. The standard InChI is InChI=1S/C18H15F2IN2O9S/c1-22(2)15-5-3-10(7-13(15)21)16(24)32-11-4-6-14(23(26)27)12(8-11)17(25)31-9-18(19,20)33(28,29)30/h3-8H,9H2,1-2H3,(H,28,29,30)/p-1. The summed E-state index contributed by atoms with van der Waals surface area (Å²) in [5.74, 6) is -2.96. The van der Waals surface area contributed by atoms with Gasteiger partial charge < -0.3 is 18.9 Å². The van der Waals surface area contributed by atoms with Gasteiger partial charge in [0, 0.05) is 35.5 Å². The van der Waals surface area contributed by atoms with Gasteiger partial charge in [-0.05, 0) is 46.9 Å². The van der Waals surface area contributed by atoms with E-state index < -0.39 is 50.1 Å². The molecule has 178 valence electrons. The number of nitro groups is 1. The minimum atomic E-state index is -6.14. The van der Waals surface area contributed by atoms with Gasteiger partial charge in [-0.15, -0.1) is 0 Å². The van der Waals surface area contributed by atoms with E-state index in [1.807, 2.05) is 27.5 Å². The molecule has 0 spiro atoms. The van der Waals surface area contributed by atoms with E-state index in [1.54, 1.807) is 20.2 Å². The Hall–Kier alpha value is -2.92. The molecule has 0 bridgehead atoms. The summed E-state index contributed by atoms with van der Waals surface area (Å²) >= 11 is 2.00. The summed E-state index contributed by atoms with van der Waals surface area (Å²) in [6, 6.07) is 7.09. The Morgan fingerprint density at radius 3 is 2.30 bits per heavy atom. The number of nitro benzene ring substituents is 1. The number of hydrogen-bond acceptors (Lipinski definition) is 10. The van der Waals surface area contributed by atoms with Crippen LogP contribution >= 0.6 is 22.6 Å². The molecule has 0 fully saturated rings. The van der Waals surface area contributed by atoms with Crippen molar-refractivity contribution in [1.82, 2.24) is 0 Å². The van der Waals surface area contributed by atoms with Crippen LogP contribution in [0.2, 0.25) is 0 Å². The molecule has 0 unspecified atom stereocenters. The number of alkyl halides is 2. The molecule has 0 radical (unpaired) electrons. The highest BCUT2D eigenvalue weighted by Gasteiger charge is 2.40. The lowest BCUT2D eigenvalue weighted by Gasteiger charge is -2.19. The molecule has 2 rings (SSSR count). The average molecular weight is 599 g/mol. The van der Waals surface area contributed by atoms with Gasteiger partial charge in [0.1, 0.15) is 11.3 Å². The fourth-order valence-corrected chi connectivity index (χ4v) is 3.56. The third-order valence-corrected chi connectivity index (χ3v) is 5.71. The molecule has 0 aromatic heterocycles. The SMILES string of the molecule is CN(C)c1ccc(C(=O)Oc2ccc([N+](=O)[O-])c(C(=O)OCC(F)(F)S(=O)(=O)[O-])c2)cc1I. The predicted molar refractivity (Wildman–Crippen MR) is 116 cm³/mol. The maximum absolute atomic E-state index is 13.2. The van der Waals surface area contributed by atoms with Gasteiger partial charge in [-0.25, -0.2) is 18.0 Å². The second kappa shape index (κ2) is 9.92. The number of nitrogens with zero attached hydrogens (tertiary/aromatic N) is 2. The van der Waals surface area contributed by atoms with Crippen molar-refractivity contribution in [3.8, 4) is 5.75 Å². The number of carbonyl (C=O) groups is 2. The van der Waals surface area contributed by atoms with Crippen LogP contribution in [0.3, 0.4) is 0 Å². The molecule has 11 nitrogen and oxygen atoms in total. The van der Waals surface area contributed by atoms with Gasteiger partial charge >= 0.3 is 17.2 Å². The second-order valence-corrected chi connectivity index (χ2v) is 9.22. The minimum absolute atomic E-state index is 0.118. The van der Waals surface area contributed by atoms with Crippen LogP contribution in [0.4, 0.5) is 20.2 Å². The zero-order valence-electron chi connectivity index (χ0n) is 16.8. The van der Waals surface area contributed by atoms with E-state index >= 15 is 0 Å². The molecule has 2 aromatic rings. The first-order valence-corrected chi connectivity index (χ1v) is 11.1. The van der Waals surface area contributed by atoms with Crippen molar-refractivity contribution in [2.45, 2.75) is 5.25 Å². The Labute approximate surface area is 199 Å². The molecule has 0 amide bonds. The Morgan fingerprint density at radius 2 is 1.79 bits per heavy atom. The maximum atomic E-state index is 13.2. The van der Waals surface area contributed by atoms with Gasteiger partial charge in [0.25, 0.3) is 5.69 Å². The molecule has 0 saturated carbocycles. The van der Waals surface area contributed by atoms with Gasteiger partial charge in [-0.3, -0.25) is 10.1 Å². The summed E-state index contributed by atoms with van der Waals surface area (Å²) in [6.45, 7) is -2.16. The highest BCUT2D eigenvalue weighted by Crippen LogP contribution is 2.28. The summed E-state index contributed by atoms with van der Waals surface area (Å²) in [5.41, 5.74) is -0.850. The quantitative estimate of drug-likeness (QED) is 0.110. The predicted octanol–water partition coefficient (Wildman–Crippen LogP) is 2.78. The maximum Gasteiger partial charge on any atom is 0.367 e. The first-order chi connectivity index (χ1) is 15.1. The van der Waals surface area contributed by atoms with E-state index in [0.717, 1.165) is 17.8 Å². The molecule has 0 aliphatic rings. The lowest BCUT2D eigenvalue weighted by Crippen LogP contribution is -2.34. The molecule has 2 aromatic carbocycles. The number of hydrogen-bond donors (Lipinski definition) is 0. The minimum Gasteiger partial charge on any atom is -0.743 e. The fourth-order valence-electron chi connectivity index (χ4n) is 2.36. The molecule has 0 aliphatic carbocycles. The molecular formula is C18H14F2IN2O9S-. The summed E-state index contributed by atoms with van der Waals surface area (Å²) in [5, 5.41) is 6.21. The summed E-state index contributed by atoms with van der Waals surface area (Å²) < 4.78 is 67.9. The van der Waals surface area contributed by atoms with E-state index in [0.29, 0.717) is 9.64 Å². The molecule has 0 aliphatic heterocycles. The molecule has 0 heterocycles. The van der Waals surface area contributed by atoms with Crippen LogP contribution in [0.5, 0.6) is 5.75 Å². The van der Waals surface area contributed by atoms with Crippen molar-refractivity contribution < 1.29 is 45.7 Å². The van der Waals surface area contributed by atoms with Crippen LogP contribution in [0.15, 0.2) is 36.4 Å². The zero-order valence-corrected chi connectivity index (χ0v) is 19.8. The number of rotatable bonds is 8. The second-order valence-electron chi connectivity index (χ2n) is 6.55. The molecule has 33 heavy (non-hydrogen) atoms. The summed E-state index contributed by atoms with van der Waals surface area (Å²) in [4.78, 5) is 36.5. The largest absolute Gasteiger partial charge is 0.743 e. The number of ether oxygens (including phenoxy) is 2. The van der Waals surface area contributed by atoms with Crippen LogP contribution in [0.1, 0.15) is 20.7 Å². The zero-order chi connectivity index (χ0) is 25.1. The van der Waals surface area contributed by atoms with Gasteiger partial charge in [0.2, 0.25) is 0 Å². The number of anilines is 1. The van der Waals surface area contributed by atoms with Gasteiger partial charge in [0.05, 0.1) is 10.5 Å². The summed E-state index contributed by atoms with van der Waals surface area (Å²) in [7, 11) is -2.54. The summed E-state index contributed by atoms with van der Waals surface area (Å²) in [6.07, 6.45) is 0. The molecular weight excluding hydrogens is 585 g/mol. The van der Waals surface area contributed by atoms with Crippen molar-refractivity contribution in [2.24, 2.45) is 0 Å². The fraction of sp³-hybridized carbons (Fsp3) is 0.222. The topological polar surface area (TPSA) is 156 Å². The van der Waals surface area contributed by atoms with E-state index in [2.05, 4.69) is 4.74 Å². The van der Waals surface area contributed by atoms with Crippen molar-refractivity contribution in [3.05, 3.63) is 61.2 Å². The highest BCUT2D eigenvalue weighted by molar-refractivity contribution is 14.1. The normalized spacial score (nSPS) is 11.6. The van der Waals surface area contributed by atoms with Crippen molar-refractivity contribution >= 4 is 56.0 Å². The Kier molecular flexibility index (Phi) is 7.91. The first-order valence-electron chi connectivity index (χ1n) is 8.62. The average Bonchev–Trinajstić information content (AvgIpc) is 2.70. The van der Waals surface area contributed by atoms with Crippen LogP contribution < -0.4 is 9.64 Å². The van der Waals surface area contributed by atoms with Crippen LogP contribution in [0, 0.1) is 13.7 Å².